The van der Waals surface area contributed by atoms with Gasteiger partial charge in [-0.15, -0.1) is 0 Å². The van der Waals surface area contributed by atoms with Gasteiger partial charge in [0.2, 0.25) is 0 Å². The molecule has 1 aliphatic heterocycles. The Hall–Kier alpha value is -3.51. The molecule has 0 aromatic heterocycles. The van der Waals surface area contributed by atoms with Crippen LogP contribution in [0.15, 0.2) is 78.9 Å². The summed E-state index contributed by atoms with van der Waals surface area (Å²) in [5.74, 6) is 0.0358. The molecular formula is C27H29N3O3. The first-order chi connectivity index (χ1) is 16.0. The minimum Gasteiger partial charge on any atom is -0.305 e. The van der Waals surface area contributed by atoms with Crippen molar-refractivity contribution in [2.24, 2.45) is 0 Å². The first-order valence-electron chi connectivity index (χ1n) is 11.5. The molecule has 33 heavy (non-hydrogen) atoms. The number of nitro groups is 1. The summed E-state index contributed by atoms with van der Waals surface area (Å²) in [5.41, 5.74) is 4.07. The highest BCUT2D eigenvalue weighted by atomic mass is 16.6. The predicted molar refractivity (Wildman–Crippen MR) is 130 cm³/mol. The molecule has 6 heteroatoms. The Morgan fingerprint density at radius 1 is 0.939 bits per heavy atom. The zero-order valence-corrected chi connectivity index (χ0v) is 18.9. The lowest BCUT2D eigenvalue weighted by molar-refractivity contribution is -0.384. The lowest BCUT2D eigenvalue weighted by Crippen LogP contribution is -2.47. The Morgan fingerprint density at radius 2 is 1.55 bits per heavy atom. The van der Waals surface area contributed by atoms with E-state index >= 15 is 0 Å². The van der Waals surface area contributed by atoms with Gasteiger partial charge in [0.1, 0.15) is 0 Å². The third kappa shape index (κ3) is 5.46. The molecule has 1 heterocycles. The minimum atomic E-state index is -0.374. The average Bonchev–Trinajstić information content (AvgIpc) is 2.86. The molecule has 1 fully saturated rings. The van der Waals surface area contributed by atoms with Crippen LogP contribution in [-0.4, -0.2) is 34.9 Å². The van der Waals surface area contributed by atoms with Crippen LogP contribution in [0.3, 0.4) is 0 Å². The quantitative estimate of drug-likeness (QED) is 0.359. The monoisotopic (exact) mass is 443 g/mol. The number of likely N-dealkylation sites (tertiary alicyclic amines) is 1. The summed E-state index contributed by atoms with van der Waals surface area (Å²) in [4.78, 5) is 28.3. The molecule has 6 nitrogen and oxygen atoms in total. The molecule has 0 spiro atoms. The first-order valence-corrected chi connectivity index (χ1v) is 11.5. The number of aryl methyl sites for hydroxylation is 1. The van der Waals surface area contributed by atoms with Gasteiger partial charge in [0.25, 0.3) is 11.6 Å². The van der Waals surface area contributed by atoms with Gasteiger partial charge in [0.15, 0.2) is 0 Å². The fourth-order valence-corrected chi connectivity index (χ4v) is 4.42. The van der Waals surface area contributed by atoms with Gasteiger partial charge in [-0.1, -0.05) is 49.4 Å². The Kier molecular flexibility index (Phi) is 7.15. The van der Waals surface area contributed by atoms with Crippen LogP contribution in [0.1, 0.15) is 41.3 Å². The fourth-order valence-electron chi connectivity index (χ4n) is 4.42. The lowest BCUT2D eigenvalue weighted by Gasteiger charge is -2.38. The van der Waals surface area contributed by atoms with Crippen molar-refractivity contribution in [2.75, 3.05) is 18.0 Å². The number of carbonyl (C=O) groups is 1. The predicted octanol–water partition coefficient (Wildman–Crippen LogP) is 5.47. The van der Waals surface area contributed by atoms with Gasteiger partial charge < -0.3 is 4.90 Å². The van der Waals surface area contributed by atoms with E-state index in [1.54, 1.807) is 12.1 Å². The average molecular weight is 444 g/mol. The van der Waals surface area contributed by atoms with Gasteiger partial charge >= 0.3 is 0 Å². The fraction of sp³-hybridized carbons (Fsp3) is 0.296. The van der Waals surface area contributed by atoms with Crippen molar-refractivity contribution >= 4 is 17.3 Å². The molecule has 0 bridgehead atoms. The van der Waals surface area contributed by atoms with Crippen molar-refractivity contribution < 1.29 is 9.72 Å². The summed E-state index contributed by atoms with van der Waals surface area (Å²) in [6.07, 6.45) is 2.72. The molecule has 1 aliphatic rings. The smallest absolute Gasteiger partial charge is 0.269 e. The van der Waals surface area contributed by atoms with Crippen LogP contribution in [0.4, 0.5) is 11.4 Å². The molecule has 0 atom stereocenters. The van der Waals surface area contributed by atoms with Crippen molar-refractivity contribution in [3.63, 3.8) is 0 Å². The van der Waals surface area contributed by atoms with Gasteiger partial charge in [0, 0.05) is 49.1 Å². The van der Waals surface area contributed by atoms with Crippen molar-refractivity contribution in [2.45, 2.75) is 38.8 Å². The van der Waals surface area contributed by atoms with E-state index in [-0.39, 0.29) is 22.6 Å². The van der Waals surface area contributed by atoms with E-state index in [4.69, 9.17) is 0 Å². The number of nitro benzene ring substituents is 1. The Labute approximate surface area is 194 Å². The van der Waals surface area contributed by atoms with E-state index in [0.717, 1.165) is 50.1 Å². The third-order valence-corrected chi connectivity index (χ3v) is 6.34. The normalized spacial score (nSPS) is 14.7. The van der Waals surface area contributed by atoms with Crippen molar-refractivity contribution in [3.05, 3.63) is 106 Å². The maximum absolute atomic E-state index is 13.5. The largest absolute Gasteiger partial charge is 0.305 e. The third-order valence-electron chi connectivity index (χ3n) is 6.34. The molecule has 3 aromatic rings. The summed E-state index contributed by atoms with van der Waals surface area (Å²) >= 11 is 0. The van der Waals surface area contributed by atoms with Gasteiger partial charge in [-0.25, -0.2) is 0 Å². The van der Waals surface area contributed by atoms with Gasteiger partial charge in [-0.05, 0) is 54.7 Å². The summed E-state index contributed by atoms with van der Waals surface area (Å²) in [6, 6.07) is 24.7. The molecule has 0 N–H and O–H groups in total. The van der Waals surface area contributed by atoms with Crippen molar-refractivity contribution in [3.8, 4) is 0 Å². The maximum Gasteiger partial charge on any atom is 0.269 e. The summed E-state index contributed by atoms with van der Waals surface area (Å²) in [6.45, 7) is 4.62. The molecule has 1 amide bonds. The van der Waals surface area contributed by atoms with Crippen LogP contribution >= 0.6 is 0 Å². The minimum absolute atomic E-state index is 0.0358. The highest BCUT2D eigenvalue weighted by Crippen LogP contribution is 2.27. The number of benzene rings is 3. The Morgan fingerprint density at radius 3 is 2.12 bits per heavy atom. The molecule has 0 aliphatic carbocycles. The molecule has 0 saturated carbocycles. The molecule has 0 unspecified atom stereocenters. The topological polar surface area (TPSA) is 66.7 Å². The summed E-state index contributed by atoms with van der Waals surface area (Å²) in [7, 11) is 0. The number of rotatable bonds is 7. The highest BCUT2D eigenvalue weighted by molar-refractivity contribution is 6.06. The van der Waals surface area contributed by atoms with E-state index in [2.05, 4.69) is 36.1 Å². The second-order valence-corrected chi connectivity index (χ2v) is 8.49. The van der Waals surface area contributed by atoms with E-state index in [1.807, 2.05) is 47.4 Å². The Balaban J connectivity index is 1.47. The van der Waals surface area contributed by atoms with E-state index in [9.17, 15) is 14.9 Å². The zero-order chi connectivity index (χ0) is 23.2. The maximum atomic E-state index is 13.5. The molecule has 1 saturated heterocycles. The zero-order valence-electron chi connectivity index (χ0n) is 18.9. The number of hydrogen-bond donors (Lipinski definition) is 0. The number of carbonyl (C=O) groups excluding carboxylic acids is 1. The molecule has 170 valence electrons. The second-order valence-electron chi connectivity index (χ2n) is 8.49. The standard InChI is InChI=1S/C27H29N3O3/c1-2-21-8-12-24(13-9-21)29(27(31)23-6-4-3-5-7-23)25-16-18-28(19-17-25)20-22-10-14-26(15-11-22)30(32)33/h3-15,25H,2,16-20H2,1H3. The summed E-state index contributed by atoms with van der Waals surface area (Å²) < 4.78 is 0. The van der Waals surface area contributed by atoms with E-state index in [1.165, 1.54) is 5.56 Å². The van der Waals surface area contributed by atoms with Crippen LogP contribution in [0.25, 0.3) is 0 Å². The molecule has 0 radical (unpaired) electrons. The number of anilines is 1. The Bertz CT molecular complexity index is 1070. The van der Waals surface area contributed by atoms with Gasteiger partial charge in [-0.2, -0.15) is 0 Å². The number of non-ortho nitro benzene ring substituents is 1. The van der Waals surface area contributed by atoms with Crippen LogP contribution in [0.5, 0.6) is 0 Å². The van der Waals surface area contributed by atoms with Gasteiger partial charge in [-0.3, -0.25) is 19.8 Å². The van der Waals surface area contributed by atoms with E-state index < -0.39 is 0 Å². The number of nitrogens with zero attached hydrogens (tertiary/aromatic N) is 3. The molecule has 4 rings (SSSR count). The van der Waals surface area contributed by atoms with Crippen molar-refractivity contribution in [1.29, 1.82) is 0 Å². The van der Waals surface area contributed by atoms with Crippen LogP contribution in [0, 0.1) is 10.1 Å². The van der Waals surface area contributed by atoms with Crippen LogP contribution < -0.4 is 4.90 Å². The highest BCUT2D eigenvalue weighted by Gasteiger charge is 2.30. The van der Waals surface area contributed by atoms with Crippen LogP contribution in [-0.2, 0) is 13.0 Å². The molecule has 3 aromatic carbocycles. The second kappa shape index (κ2) is 10.4. The SMILES string of the molecule is CCc1ccc(N(C(=O)c2ccccc2)C2CCN(Cc3ccc([N+](=O)[O-])cc3)CC2)cc1. The van der Waals surface area contributed by atoms with Crippen LogP contribution in [0.2, 0.25) is 0 Å². The number of hydrogen-bond acceptors (Lipinski definition) is 4. The van der Waals surface area contributed by atoms with E-state index in [0.29, 0.717) is 5.56 Å². The molecular weight excluding hydrogens is 414 g/mol. The number of amides is 1. The van der Waals surface area contributed by atoms with Crippen molar-refractivity contribution in [1.82, 2.24) is 4.90 Å². The summed E-state index contributed by atoms with van der Waals surface area (Å²) in [5, 5.41) is 10.9. The first kappa shape index (κ1) is 22.7. The van der Waals surface area contributed by atoms with Gasteiger partial charge in [0.05, 0.1) is 4.92 Å². The number of piperidine rings is 1. The lowest BCUT2D eigenvalue weighted by atomic mass is 9.99.